The van der Waals surface area contributed by atoms with Crippen molar-refractivity contribution in [3.63, 3.8) is 0 Å². The van der Waals surface area contributed by atoms with Crippen LogP contribution in [0.5, 0.6) is 0 Å². The van der Waals surface area contributed by atoms with E-state index in [0.29, 0.717) is 11.4 Å². The van der Waals surface area contributed by atoms with Gasteiger partial charge in [0.15, 0.2) is 5.76 Å². The van der Waals surface area contributed by atoms with Crippen molar-refractivity contribution in [2.45, 2.75) is 6.92 Å². The second kappa shape index (κ2) is 4.36. The van der Waals surface area contributed by atoms with E-state index in [1.807, 2.05) is 0 Å². The van der Waals surface area contributed by atoms with Gasteiger partial charge in [-0.25, -0.2) is 4.79 Å². The highest BCUT2D eigenvalue weighted by Crippen LogP contribution is 2.14. The van der Waals surface area contributed by atoms with Crippen LogP contribution in [0.4, 0.5) is 5.69 Å². The maximum absolute atomic E-state index is 11.8. The summed E-state index contributed by atoms with van der Waals surface area (Å²) >= 11 is 0. The van der Waals surface area contributed by atoms with Crippen LogP contribution < -0.4 is 5.32 Å². The zero-order valence-corrected chi connectivity index (χ0v) is 9.80. The number of nitrogens with one attached hydrogen (secondary N) is 1. The van der Waals surface area contributed by atoms with Gasteiger partial charge in [0.1, 0.15) is 6.26 Å². The quantitative estimate of drug-likeness (QED) is 0.853. The molecule has 2 heterocycles. The molecule has 0 unspecified atom stereocenters. The number of carbonyl (C=O) groups is 2. The van der Waals surface area contributed by atoms with E-state index >= 15 is 0 Å². The minimum Gasteiger partial charge on any atom is -0.478 e. The van der Waals surface area contributed by atoms with Crippen LogP contribution in [0.3, 0.4) is 0 Å². The summed E-state index contributed by atoms with van der Waals surface area (Å²) in [4.78, 5) is 22.4. The molecule has 0 aliphatic rings. The van der Waals surface area contributed by atoms with Crippen molar-refractivity contribution in [3.8, 4) is 0 Å². The Bertz CT molecular complexity index is 612. The van der Waals surface area contributed by atoms with Crippen LogP contribution in [0.15, 0.2) is 22.9 Å². The average Bonchev–Trinajstić information content (AvgIpc) is 2.86. The molecule has 94 valence electrons. The third-order valence-electron chi connectivity index (χ3n) is 2.33. The normalized spacial score (nSPS) is 10.3. The summed E-state index contributed by atoms with van der Waals surface area (Å²) in [6, 6.07) is 1.17. The summed E-state index contributed by atoms with van der Waals surface area (Å²) in [6.45, 7) is 1.75. The van der Waals surface area contributed by atoms with Crippen molar-refractivity contribution >= 4 is 17.6 Å². The lowest BCUT2D eigenvalue weighted by molar-refractivity contribution is 0.0696. The second-order valence-corrected chi connectivity index (χ2v) is 3.76. The number of hydrogen-bond acceptors (Lipinski definition) is 4. The predicted octanol–water partition coefficient (Wildman–Crippen LogP) is 1.27. The third kappa shape index (κ3) is 2.24. The summed E-state index contributed by atoms with van der Waals surface area (Å²) < 4.78 is 6.45. The zero-order chi connectivity index (χ0) is 13.3. The Balaban J connectivity index is 2.16. The summed E-state index contributed by atoms with van der Waals surface area (Å²) in [6.07, 6.45) is 2.67. The minimum absolute atomic E-state index is 0.0596. The number of carbonyl (C=O) groups excluding carboxylic acids is 1. The van der Waals surface area contributed by atoms with Crippen LogP contribution in [0.1, 0.15) is 26.6 Å². The SMILES string of the molecule is Cc1nn(C)cc1NC(=O)c1cc(C(=O)O)co1. The first kappa shape index (κ1) is 11.9. The molecule has 0 aliphatic carbocycles. The third-order valence-corrected chi connectivity index (χ3v) is 2.33. The van der Waals surface area contributed by atoms with E-state index in [2.05, 4.69) is 10.4 Å². The van der Waals surface area contributed by atoms with Crippen LogP contribution in [-0.2, 0) is 7.05 Å². The van der Waals surface area contributed by atoms with Crippen LogP contribution in [-0.4, -0.2) is 26.8 Å². The van der Waals surface area contributed by atoms with Crippen LogP contribution in [0.2, 0.25) is 0 Å². The Morgan fingerprint density at radius 1 is 1.50 bits per heavy atom. The summed E-state index contributed by atoms with van der Waals surface area (Å²) in [5.41, 5.74) is 1.15. The fourth-order valence-electron chi connectivity index (χ4n) is 1.47. The minimum atomic E-state index is -1.14. The van der Waals surface area contributed by atoms with E-state index in [1.165, 1.54) is 6.07 Å². The van der Waals surface area contributed by atoms with Gasteiger partial charge in [-0.1, -0.05) is 0 Å². The fraction of sp³-hybridized carbons (Fsp3) is 0.182. The van der Waals surface area contributed by atoms with Gasteiger partial charge in [0.25, 0.3) is 5.91 Å². The smallest absolute Gasteiger partial charge is 0.338 e. The Morgan fingerprint density at radius 2 is 2.22 bits per heavy atom. The zero-order valence-electron chi connectivity index (χ0n) is 9.80. The van der Waals surface area contributed by atoms with Crippen molar-refractivity contribution < 1.29 is 19.1 Å². The molecule has 7 nitrogen and oxygen atoms in total. The topological polar surface area (TPSA) is 97.4 Å². The first-order valence-corrected chi connectivity index (χ1v) is 5.11. The molecule has 0 aromatic carbocycles. The van der Waals surface area contributed by atoms with E-state index in [0.717, 1.165) is 6.26 Å². The molecule has 18 heavy (non-hydrogen) atoms. The van der Waals surface area contributed by atoms with Gasteiger partial charge in [-0.2, -0.15) is 5.10 Å². The monoisotopic (exact) mass is 249 g/mol. The standard InChI is InChI=1S/C11H11N3O4/c1-6-8(4-14(2)13-6)12-10(15)9-3-7(5-18-9)11(16)17/h3-5H,1-2H3,(H,12,15)(H,16,17). The first-order chi connectivity index (χ1) is 8.47. The molecule has 2 aromatic rings. The number of aryl methyl sites for hydroxylation is 2. The maximum atomic E-state index is 11.8. The van der Waals surface area contributed by atoms with Gasteiger partial charge >= 0.3 is 5.97 Å². The summed E-state index contributed by atoms with van der Waals surface area (Å²) in [7, 11) is 1.73. The van der Waals surface area contributed by atoms with E-state index in [-0.39, 0.29) is 11.3 Å². The van der Waals surface area contributed by atoms with Gasteiger partial charge in [-0.05, 0) is 6.92 Å². The molecule has 0 fully saturated rings. The van der Waals surface area contributed by atoms with Crippen molar-refractivity contribution in [3.05, 3.63) is 35.5 Å². The molecule has 0 radical (unpaired) electrons. The lowest BCUT2D eigenvalue weighted by atomic mass is 10.3. The van der Waals surface area contributed by atoms with Crippen molar-refractivity contribution in [1.82, 2.24) is 9.78 Å². The lowest BCUT2D eigenvalue weighted by Crippen LogP contribution is -2.11. The first-order valence-electron chi connectivity index (χ1n) is 5.11. The average molecular weight is 249 g/mol. The number of aromatic carboxylic acids is 1. The van der Waals surface area contributed by atoms with Gasteiger partial charge in [0.2, 0.25) is 0 Å². The highest BCUT2D eigenvalue weighted by atomic mass is 16.4. The number of carboxylic acids is 1. The number of anilines is 1. The highest BCUT2D eigenvalue weighted by Gasteiger charge is 2.16. The van der Waals surface area contributed by atoms with E-state index < -0.39 is 11.9 Å². The van der Waals surface area contributed by atoms with Gasteiger partial charge < -0.3 is 14.8 Å². The van der Waals surface area contributed by atoms with Gasteiger partial charge in [-0.3, -0.25) is 9.48 Å². The van der Waals surface area contributed by atoms with Crippen molar-refractivity contribution in [2.75, 3.05) is 5.32 Å². The van der Waals surface area contributed by atoms with Gasteiger partial charge in [-0.15, -0.1) is 0 Å². The molecule has 0 bridgehead atoms. The van der Waals surface area contributed by atoms with E-state index in [9.17, 15) is 9.59 Å². The summed E-state index contributed by atoms with van der Waals surface area (Å²) in [5, 5.41) is 15.4. The largest absolute Gasteiger partial charge is 0.478 e. The maximum Gasteiger partial charge on any atom is 0.338 e. The second-order valence-electron chi connectivity index (χ2n) is 3.76. The molecule has 7 heteroatoms. The van der Waals surface area contributed by atoms with Crippen molar-refractivity contribution in [1.29, 1.82) is 0 Å². The molecule has 0 aliphatic heterocycles. The molecular weight excluding hydrogens is 238 g/mol. The summed E-state index contributed by atoms with van der Waals surface area (Å²) in [5.74, 6) is -1.72. The number of amides is 1. The molecule has 0 saturated heterocycles. The Morgan fingerprint density at radius 3 is 2.72 bits per heavy atom. The molecule has 2 aromatic heterocycles. The Hall–Kier alpha value is -2.57. The number of aromatic nitrogens is 2. The van der Waals surface area contributed by atoms with Crippen LogP contribution in [0.25, 0.3) is 0 Å². The van der Waals surface area contributed by atoms with Crippen LogP contribution in [0, 0.1) is 6.92 Å². The Kier molecular flexibility index (Phi) is 2.88. The number of rotatable bonds is 3. The number of nitrogens with zero attached hydrogens (tertiary/aromatic N) is 2. The lowest BCUT2D eigenvalue weighted by Gasteiger charge is -1.99. The molecule has 1 amide bonds. The predicted molar refractivity (Wildman–Crippen MR) is 61.6 cm³/mol. The van der Waals surface area contributed by atoms with Gasteiger partial charge in [0.05, 0.1) is 16.9 Å². The van der Waals surface area contributed by atoms with Crippen LogP contribution >= 0.6 is 0 Å². The molecule has 0 atom stereocenters. The van der Waals surface area contributed by atoms with Gasteiger partial charge in [0, 0.05) is 19.3 Å². The molecule has 0 spiro atoms. The molecular formula is C11H11N3O4. The van der Waals surface area contributed by atoms with Crippen molar-refractivity contribution in [2.24, 2.45) is 7.05 Å². The number of furan rings is 1. The molecule has 0 saturated carbocycles. The van der Waals surface area contributed by atoms with E-state index in [1.54, 1.807) is 24.9 Å². The Labute approximate surface area is 102 Å². The van der Waals surface area contributed by atoms with E-state index in [4.69, 9.17) is 9.52 Å². The molecule has 2 rings (SSSR count). The number of carboxylic acid groups (broad SMARTS) is 1. The fourth-order valence-corrected chi connectivity index (χ4v) is 1.47. The molecule has 2 N–H and O–H groups in total. The highest BCUT2D eigenvalue weighted by molar-refractivity contribution is 6.03. The number of hydrogen-bond donors (Lipinski definition) is 2.